The number of benzene rings is 1. The van der Waals surface area contributed by atoms with Gasteiger partial charge in [0.1, 0.15) is 5.75 Å². The van der Waals surface area contributed by atoms with E-state index in [-0.39, 0.29) is 15.8 Å². The van der Waals surface area contributed by atoms with Crippen molar-refractivity contribution in [1.82, 2.24) is 0 Å². The van der Waals surface area contributed by atoms with Crippen LogP contribution < -0.4 is 4.74 Å². The quantitative estimate of drug-likeness (QED) is 0.0918. The number of rotatable bonds is 22. The van der Waals surface area contributed by atoms with Gasteiger partial charge in [-0.1, -0.05) is 19.8 Å². The third kappa shape index (κ3) is 19.1. The third-order valence-corrected chi connectivity index (χ3v) is 34.2. The Hall–Kier alpha value is 0.205. The second-order valence-electron chi connectivity index (χ2n) is 15.0. The molecule has 0 fully saturated rings. The van der Waals surface area contributed by atoms with Gasteiger partial charge in [-0.2, -0.15) is 0 Å². The van der Waals surface area contributed by atoms with Crippen LogP contribution in [0, 0.1) is 5.82 Å². The highest BCUT2D eigenvalue weighted by molar-refractivity contribution is 6.89. The van der Waals surface area contributed by atoms with Crippen LogP contribution in [0.2, 0.25) is 104 Å². The molecule has 0 aliphatic carbocycles. The van der Waals surface area contributed by atoms with E-state index in [0.717, 1.165) is 18.5 Å². The van der Waals surface area contributed by atoms with Crippen LogP contribution in [0.4, 0.5) is 4.39 Å². The summed E-state index contributed by atoms with van der Waals surface area (Å²) in [5.74, 6) is -0.679. The van der Waals surface area contributed by atoms with Gasteiger partial charge in [0.25, 0.3) is 0 Å². The van der Waals surface area contributed by atoms with E-state index in [4.69, 9.17) is 33.5 Å². The summed E-state index contributed by atoms with van der Waals surface area (Å²) in [6.45, 7) is 32.2. The summed E-state index contributed by atoms with van der Waals surface area (Å²) in [6, 6.07) is 6.05. The van der Waals surface area contributed by atoms with E-state index in [0.29, 0.717) is 12.4 Å². The first kappa shape index (κ1) is 43.2. The summed E-state index contributed by atoms with van der Waals surface area (Å²) in [5, 5.41) is 9.35. The molecule has 0 spiro atoms. The zero-order valence-electron chi connectivity index (χ0n) is 30.6. The van der Waals surface area contributed by atoms with E-state index < -0.39 is 65.3 Å². The number of hydrogen-bond donors (Lipinski definition) is 1. The van der Waals surface area contributed by atoms with Crippen molar-refractivity contribution in [2.45, 2.75) is 130 Å². The topological polar surface area (TPSA) is 94.1 Å². The monoisotopic (exact) mass is 772 g/mol. The molecule has 45 heavy (non-hydrogen) atoms. The molecule has 2 radical (unpaired) electrons. The van der Waals surface area contributed by atoms with Gasteiger partial charge in [0, 0.05) is 6.07 Å². The number of unbranched alkanes of at least 4 members (excludes halogenated alkanes) is 1. The summed E-state index contributed by atoms with van der Waals surface area (Å²) in [7, 11) is -16.6. The predicted octanol–water partition coefficient (Wildman–Crippen LogP) is 8.67. The van der Waals surface area contributed by atoms with Crippen molar-refractivity contribution in [2.24, 2.45) is 0 Å². The Balaban J connectivity index is 2.59. The van der Waals surface area contributed by atoms with Gasteiger partial charge in [-0.15, -0.1) is 0 Å². The molecule has 0 aliphatic rings. The number of hydrogen-bond acceptors (Lipinski definition) is 9. The van der Waals surface area contributed by atoms with E-state index in [1.54, 1.807) is 6.07 Å². The molecule has 1 aromatic rings. The molecule has 0 atom stereocenters. The van der Waals surface area contributed by atoms with Crippen molar-refractivity contribution in [2.75, 3.05) is 6.61 Å². The number of phenolic OH excluding ortho intramolecular Hbond substituents is 1. The maximum atomic E-state index is 13.6. The smallest absolute Gasteiger partial charge is 0.413 e. The fourth-order valence-corrected chi connectivity index (χ4v) is 38.1. The molecule has 1 aromatic carbocycles. The van der Waals surface area contributed by atoms with E-state index in [2.05, 4.69) is 72.4 Å². The highest BCUT2D eigenvalue weighted by atomic mass is 28.5. The number of halogens is 1. The fourth-order valence-electron chi connectivity index (χ4n) is 5.40. The minimum Gasteiger partial charge on any atom is -0.505 e. The Labute approximate surface area is 283 Å². The number of ether oxygens (including phenoxy) is 1. The maximum absolute atomic E-state index is 13.6. The standard InChI is InChI=1S/C27H61FO9Si8/c1-16-17-22-39(2,3)33-43(10,11)35-41(6,7)31-38-32-42(8,9)36-45(14,15)37-44(12,13)34-40(4,5)23-18-21-30-25-19-20-27(29)26(28)24-25/h19-20,24,29H,16-18,21-23H2,1-15H3. The fraction of sp³-hybridized carbons (Fsp3) is 0.778. The van der Waals surface area contributed by atoms with E-state index in [1.165, 1.54) is 25.0 Å². The molecule has 0 aliphatic heterocycles. The van der Waals surface area contributed by atoms with E-state index >= 15 is 0 Å². The molecular formula is C27H61FO9Si8. The largest absolute Gasteiger partial charge is 0.505 e. The Morgan fingerprint density at radius 1 is 0.622 bits per heavy atom. The molecule has 0 aromatic heterocycles. The summed E-state index contributed by atoms with van der Waals surface area (Å²) in [4.78, 5) is 0. The van der Waals surface area contributed by atoms with Crippen LogP contribution in [0.25, 0.3) is 0 Å². The van der Waals surface area contributed by atoms with Crippen LogP contribution in [0.15, 0.2) is 18.2 Å². The van der Waals surface area contributed by atoms with Crippen LogP contribution >= 0.6 is 0 Å². The van der Waals surface area contributed by atoms with Crippen LogP contribution in [0.1, 0.15) is 26.2 Å². The van der Waals surface area contributed by atoms with Gasteiger partial charge in [0.15, 0.2) is 28.2 Å². The van der Waals surface area contributed by atoms with Crippen LogP contribution in [0.5, 0.6) is 11.5 Å². The van der Waals surface area contributed by atoms with Crippen molar-refractivity contribution < 1.29 is 43.0 Å². The molecule has 0 amide bonds. The number of aromatic hydroxyl groups is 1. The van der Waals surface area contributed by atoms with Crippen LogP contribution in [-0.2, 0) is 28.8 Å². The molecule has 1 N–H and O–H groups in total. The van der Waals surface area contributed by atoms with Crippen molar-refractivity contribution in [1.29, 1.82) is 0 Å². The lowest BCUT2D eigenvalue weighted by molar-refractivity contribution is 0.283. The first-order valence-corrected chi connectivity index (χ1v) is 37.0. The second kappa shape index (κ2) is 17.2. The average Bonchev–Trinajstić information content (AvgIpc) is 2.78. The van der Waals surface area contributed by atoms with Gasteiger partial charge < -0.3 is 38.6 Å². The molecule has 9 nitrogen and oxygen atoms in total. The van der Waals surface area contributed by atoms with Gasteiger partial charge in [-0.25, -0.2) is 4.39 Å². The maximum Gasteiger partial charge on any atom is 0.413 e. The lowest BCUT2D eigenvalue weighted by atomic mass is 10.3. The first-order chi connectivity index (χ1) is 20.2. The van der Waals surface area contributed by atoms with Gasteiger partial charge in [0.05, 0.1) is 6.61 Å². The zero-order chi connectivity index (χ0) is 35.0. The Bertz CT molecular complexity index is 1060. The summed E-state index contributed by atoms with van der Waals surface area (Å²) >= 11 is 0. The first-order valence-electron chi connectivity index (χ1n) is 15.9. The molecule has 0 bridgehead atoms. The summed E-state index contributed by atoms with van der Waals surface area (Å²) < 4.78 is 64.8. The Morgan fingerprint density at radius 2 is 1.04 bits per heavy atom. The molecule has 1 rings (SSSR count). The molecule has 262 valence electrons. The molecule has 0 saturated heterocycles. The van der Waals surface area contributed by atoms with Crippen molar-refractivity contribution in [3.8, 4) is 11.5 Å². The highest BCUT2D eigenvalue weighted by Gasteiger charge is 2.45. The van der Waals surface area contributed by atoms with Gasteiger partial charge in [-0.05, 0) is 122 Å². The molecule has 0 heterocycles. The van der Waals surface area contributed by atoms with Crippen molar-refractivity contribution >= 4 is 69.4 Å². The minimum absolute atomic E-state index is 0.178. The van der Waals surface area contributed by atoms with Crippen LogP contribution in [0.3, 0.4) is 0 Å². The van der Waals surface area contributed by atoms with E-state index in [1.807, 2.05) is 26.2 Å². The second-order valence-corrected chi connectivity index (χ2v) is 42.9. The SMILES string of the molecule is CCCC[Si](C)(C)O[Si](C)(C)O[Si](C)(C)O[Si]O[Si](C)(C)O[Si](C)(C)O[Si](C)(C)O[Si](C)(C)CCCOc1ccc(O)c(F)c1. The predicted molar refractivity (Wildman–Crippen MR) is 198 cm³/mol. The molecule has 0 unspecified atom stereocenters. The summed E-state index contributed by atoms with van der Waals surface area (Å²) in [6.07, 6.45) is 3.13. The van der Waals surface area contributed by atoms with Gasteiger partial charge in [-0.3, -0.25) is 0 Å². The molecule has 0 saturated carbocycles. The summed E-state index contributed by atoms with van der Waals surface area (Å²) in [5.41, 5.74) is 0. The normalized spacial score (nSPS) is 14.2. The van der Waals surface area contributed by atoms with Crippen LogP contribution in [-0.4, -0.2) is 81.2 Å². The Morgan fingerprint density at radius 3 is 1.49 bits per heavy atom. The molecule has 18 heteroatoms. The van der Waals surface area contributed by atoms with Gasteiger partial charge >= 0.3 is 52.8 Å². The highest BCUT2D eigenvalue weighted by Crippen LogP contribution is 2.28. The minimum atomic E-state index is -2.60. The lowest BCUT2D eigenvalue weighted by Crippen LogP contribution is -2.57. The van der Waals surface area contributed by atoms with Crippen molar-refractivity contribution in [3.05, 3.63) is 24.0 Å². The van der Waals surface area contributed by atoms with E-state index in [9.17, 15) is 9.50 Å². The lowest BCUT2D eigenvalue weighted by Gasteiger charge is -2.41. The van der Waals surface area contributed by atoms with Crippen molar-refractivity contribution in [3.63, 3.8) is 0 Å². The van der Waals surface area contributed by atoms with Gasteiger partial charge in [0.2, 0.25) is 0 Å². The molecular weight excluding hydrogens is 712 g/mol. The zero-order valence-corrected chi connectivity index (χ0v) is 38.6. The number of phenols is 1. The average molecular weight is 773 g/mol. The Kier molecular flexibility index (Phi) is 16.6. The third-order valence-electron chi connectivity index (χ3n) is 6.34.